The summed E-state index contributed by atoms with van der Waals surface area (Å²) in [4.78, 5) is 21.7. The largest absolute Gasteiger partial charge is 0.497 e. The Morgan fingerprint density at radius 2 is 1.81 bits per heavy atom. The monoisotopic (exact) mass is 394 g/mol. The smallest absolute Gasteiger partial charge is 0.289 e. The van der Waals surface area contributed by atoms with E-state index in [-0.39, 0.29) is 11.3 Å². The minimum Gasteiger partial charge on any atom is -0.497 e. The first-order valence-corrected chi connectivity index (χ1v) is 9.13. The summed E-state index contributed by atoms with van der Waals surface area (Å²) >= 11 is 0. The first-order valence-electron chi connectivity index (χ1n) is 7.64. The van der Waals surface area contributed by atoms with E-state index in [1.165, 1.54) is 45.4 Å². The molecule has 1 atom stereocenters. The number of nitrogens with zero attached hydrogens (tertiary/aromatic N) is 1. The normalized spacial score (nSPS) is 13.4. The van der Waals surface area contributed by atoms with Crippen LogP contribution < -0.4 is 14.2 Å². The van der Waals surface area contributed by atoms with Crippen molar-refractivity contribution in [1.82, 2.24) is 4.72 Å². The van der Waals surface area contributed by atoms with Crippen molar-refractivity contribution < 1.29 is 27.6 Å². The Morgan fingerprint density at radius 1 is 1.15 bits per heavy atom. The van der Waals surface area contributed by atoms with Gasteiger partial charge in [-0.3, -0.25) is 10.1 Å². The first kappa shape index (κ1) is 20.3. The van der Waals surface area contributed by atoms with Crippen molar-refractivity contribution in [3.8, 4) is 11.5 Å². The zero-order valence-corrected chi connectivity index (χ0v) is 15.6. The molecule has 0 bridgehead atoms. The lowest BCUT2D eigenvalue weighted by molar-refractivity contribution is -0.387. The Bertz CT molecular complexity index is 975. The van der Waals surface area contributed by atoms with Crippen molar-refractivity contribution in [2.45, 2.75) is 17.4 Å². The highest BCUT2D eigenvalue weighted by Gasteiger charge is 2.37. The second kappa shape index (κ2) is 7.72. The summed E-state index contributed by atoms with van der Waals surface area (Å²) in [5.74, 6) is 0.624. The number of carbonyl (C=O) groups is 1. The summed E-state index contributed by atoms with van der Waals surface area (Å²) in [6.07, 6.45) is 0.386. The molecule has 0 spiro atoms. The molecule has 10 heteroatoms. The van der Waals surface area contributed by atoms with Gasteiger partial charge in [-0.05, 0) is 31.2 Å². The standard InChI is InChI=1S/C17H18N2O7S/c1-17(11-20,13-10-12(25-2)8-9-15(13)26-3)18-27(23,24)16-7-5-4-6-14(16)19(21)22/h4-11,18H,1-3H3/t17-/m1/s1. The van der Waals surface area contributed by atoms with Crippen molar-refractivity contribution in [2.24, 2.45) is 0 Å². The number of rotatable bonds is 8. The Balaban J connectivity index is 2.59. The molecule has 0 amide bonds. The van der Waals surface area contributed by atoms with Gasteiger partial charge >= 0.3 is 0 Å². The van der Waals surface area contributed by atoms with E-state index in [9.17, 15) is 23.3 Å². The number of nitro benzene ring substituents is 1. The van der Waals surface area contributed by atoms with Crippen LogP contribution in [0.4, 0.5) is 5.69 Å². The summed E-state index contributed by atoms with van der Waals surface area (Å²) in [5, 5.41) is 11.2. The Hall–Kier alpha value is -2.98. The van der Waals surface area contributed by atoms with Crippen molar-refractivity contribution in [3.05, 3.63) is 58.1 Å². The quantitative estimate of drug-likeness (QED) is 0.412. The van der Waals surface area contributed by atoms with E-state index in [1.807, 2.05) is 0 Å². The number of hydrogen-bond acceptors (Lipinski definition) is 7. The number of ether oxygens (including phenoxy) is 2. The predicted molar refractivity (Wildman–Crippen MR) is 96.4 cm³/mol. The third kappa shape index (κ3) is 4.07. The second-order valence-electron chi connectivity index (χ2n) is 5.72. The number of aldehydes is 1. The van der Waals surface area contributed by atoms with E-state index < -0.39 is 31.1 Å². The molecule has 27 heavy (non-hydrogen) atoms. The van der Waals surface area contributed by atoms with Gasteiger partial charge in [0, 0.05) is 11.6 Å². The van der Waals surface area contributed by atoms with Crippen molar-refractivity contribution in [1.29, 1.82) is 0 Å². The average Bonchev–Trinajstić information content (AvgIpc) is 2.66. The van der Waals surface area contributed by atoms with Crippen LogP contribution in [0.2, 0.25) is 0 Å². The maximum absolute atomic E-state index is 12.8. The van der Waals surface area contributed by atoms with E-state index in [1.54, 1.807) is 6.07 Å². The van der Waals surface area contributed by atoms with Crippen LogP contribution in [0.5, 0.6) is 11.5 Å². The van der Waals surface area contributed by atoms with Gasteiger partial charge in [0.25, 0.3) is 5.69 Å². The highest BCUT2D eigenvalue weighted by Crippen LogP contribution is 2.34. The number of hydrogen-bond donors (Lipinski definition) is 1. The summed E-state index contributed by atoms with van der Waals surface area (Å²) < 4.78 is 38.2. The van der Waals surface area contributed by atoms with Crippen LogP contribution in [0.15, 0.2) is 47.4 Å². The van der Waals surface area contributed by atoms with E-state index in [2.05, 4.69) is 4.72 Å². The molecule has 0 saturated carbocycles. The van der Waals surface area contributed by atoms with Gasteiger partial charge in [-0.15, -0.1) is 0 Å². The molecule has 2 rings (SSSR count). The molecule has 0 aromatic heterocycles. The van der Waals surface area contributed by atoms with Crippen LogP contribution in [0.1, 0.15) is 12.5 Å². The van der Waals surface area contributed by atoms with E-state index >= 15 is 0 Å². The molecule has 0 heterocycles. The maximum atomic E-state index is 12.8. The van der Waals surface area contributed by atoms with Crippen molar-refractivity contribution in [3.63, 3.8) is 0 Å². The molecule has 0 radical (unpaired) electrons. The van der Waals surface area contributed by atoms with Crippen molar-refractivity contribution >= 4 is 22.0 Å². The third-order valence-electron chi connectivity index (χ3n) is 3.90. The molecule has 144 valence electrons. The lowest BCUT2D eigenvalue weighted by Gasteiger charge is -2.27. The molecule has 0 unspecified atom stereocenters. The first-order chi connectivity index (χ1) is 12.7. The van der Waals surface area contributed by atoms with Gasteiger partial charge in [0.1, 0.15) is 23.3 Å². The van der Waals surface area contributed by atoms with E-state index in [0.29, 0.717) is 12.0 Å². The molecule has 1 N–H and O–H groups in total. The number of benzene rings is 2. The Kier molecular flexibility index (Phi) is 5.82. The fourth-order valence-electron chi connectivity index (χ4n) is 2.53. The number of nitro groups is 1. The minimum absolute atomic E-state index is 0.196. The minimum atomic E-state index is -4.42. The number of sulfonamides is 1. The number of nitrogens with one attached hydrogen (secondary N) is 1. The topological polar surface area (TPSA) is 125 Å². The molecule has 2 aromatic carbocycles. The van der Waals surface area contributed by atoms with Gasteiger partial charge in [0.05, 0.1) is 19.1 Å². The molecular weight excluding hydrogens is 376 g/mol. The highest BCUT2D eigenvalue weighted by atomic mass is 32.2. The summed E-state index contributed by atoms with van der Waals surface area (Å²) in [6.45, 7) is 1.32. The lowest BCUT2D eigenvalue weighted by atomic mass is 9.93. The SMILES string of the molecule is COc1ccc(OC)c([C@@](C)(C=O)NS(=O)(=O)c2ccccc2[N+](=O)[O-])c1. The molecule has 9 nitrogen and oxygen atoms in total. The van der Waals surface area contributed by atoms with Gasteiger partial charge in [0.2, 0.25) is 10.0 Å². The molecule has 0 fully saturated rings. The Labute approximate surface area is 156 Å². The van der Waals surface area contributed by atoms with Crippen LogP contribution >= 0.6 is 0 Å². The summed E-state index contributed by atoms with van der Waals surface area (Å²) in [5.41, 5.74) is -2.17. The molecule has 0 aliphatic carbocycles. The van der Waals surface area contributed by atoms with Crippen LogP contribution in [-0.4, -0.2) is 33.8 Å². The van der Waals surface area contributed by atoms with Crippen LogP contribution in [0.25, 0.3) is 0 Å². The zero-order chi connectivity index (χ0) is 20.2. The van der Waals surface area contributed by atoms with Crippen LogP contribution in [-0.2, 0) is 20.4 Å². The summed E-state index contributed by atoms with van der Waals surface area (Å²) in [6, 6.07) is 9.43. The fourth-order valence-corrected chi connectivity index (χ4v) is 4.03. The van der Waals surface area contributed by atoms with Crippen molar-refractivity contribution in [2.75, 3.05) is 14.2 Å². The zero-order valence-electron chi connectivity index (χ0n) is 14.8. The van der Waals surface area contributed by atoms with Gasteiger partial charge in [0.15, 0.2) is 4.90 Å². The number of carbonyl (C=O) groups excluding carboxylic acids is 1. The summed E-state index contributed by atoms with van der Waals surface area (Å²) in [7, 11) is -1.63. The molecular formula is C17H18N2O7S. The maximum Gasteiger partial charge on any atom is 0.289 e. The fraction of sp³-hybridized carbons (Fsp3) is 0.235. The Morgan fingerprint density at radius 3 is 2.37 bits per heavy atom. The predicted octanol–water partition coefficient (Wildman–Crippen LogP) is 2.00. The lowest BCUT2D eigenvalue weighted by Crippen LogP contribution is -2.45. The van der Waals surface area contributed by atoms with E-state index in [0.717, 1.165) is 12.1 Å². The van der Waals surface area contributed by atoms with Gasteiger partial charge in [-0.1, -0.05) is 12.1 Å². The molecule has 0 aliphatic rings. The van der Waals surface area contributed by atoms with Gasteiger partial charge < -0.3 is 14.3 Å². The third-order valence-corrected chi connectivity index (χ3v) is 5.52. The molecule has 2 aromatic rings. The molecule has 0 saturated heterocycles. The second-order valence-corrected chi connectivity index (χ2v) is 7.37. The van der Waals surface area contributed by atoms with Gasteiger partial charge in [-0.2, -0.15) is 4.72 Å². The van der Waals surface area contributed by atoms with Crippen LogP contribution in [0, 0.1) is 10.1 Å². The van der Waals surface area contributed by atoms with Gasteiger partial charge in [-0.25, -0.2) is 8.42 Å². The number of para-hydroxylation sites is 1. The highest BCUT2D eigenvalue weighted by molar-refractivity contribution is 7.89. The molecule has 0 aliphatic heterocycles. The van der Waals surface area contributed by atoms with E-state index in [4.69, 9.17) is 9.47 Å². The number of methoxy groups -OCH3 is 2. The average molecular weight is 394 g/mol. The van der Waals surface area contributed by atoms with Crippen LogP contribution in [0.3, 0.4) is 0 Å².